The molecule has 0 fully saturated rings. The third-order valence-corrected chi connectivity index (χ3v) is 2.26. The molecular formula is C10H24N2O. The van der Waals surface area contributed by atoms with E-state index in [4.69, 9.17) is 10.5 Å². The topological polar surface area (TPSA) is 38.5 Å². The summed E-state index contributed by atoms with van der Waals surface area (Å²) < 4.78 is 5.29. The van der Waals surface area contributed by atoms with Crippen LogP contribution in [0.15, 0.2) is 0 Å². The van der Waals surface area contributed by atoms with Crippen molar-refractivity contribution in [3.05, 3.63) is 0 Å². The second-order valence-electron chi connectivity index (χ2n) is 3.74. The fraction of sp³-hybridized carbons (Fsp3) is 1.00. The van der Waals surface area contributed by atoms with Crippen LogP contribution in [0, 0.1) is 0 Å². The lowest BCUT2D eigenvalue weighted by Crippen LogP contribution is -2.36. The maximum atomic E-state index is 5.73. The molecule has 2 unspecified atom stereocenters. The van der Waals surface area contributed by atoms with Crippen LogP contribution in [0.4, 0.5) is 0 Å². The van der Waals surface area contributed by atoms with Crippen LogP contribution in [-0.4, -0.2) is 43.8 Å². The standard InChI is InChI=1S/C10H24N2O/c1-5-13-7-6-12(4)10(3)8-9(2)11/h9-10H,5-8,11H2,1-4H3. The average molecular weight is 188 g/mol. The molecule has 0 saturated heterocycles. The SMILES string of the molecule is CCOCCN(C)C(C)CC(C)N. The number of hydrogen-bond donors (Lipinski definition) is 1. The summed E-state index contributed by atoms with van der Waals surface area (Å²) in [5.41, 5.74) is 5.73. The lowest BCUT2D eigenvalue weighted by Gasteiger charge is -2.25. The van der Waals surface area contributed by atoms with E-state index in [1.807, 2.05) is 13.8 Å². The van der Waals surface area contributed by atoms with Crippen molar-refractivity contribution in [3.63, 3.8) is 0 Å². The van der Waals surface area contributed by atoms with Crippen molar-refractivity contribution in [3.8, 4) is 0 Å². The first kappa shape index (κ1) is 12.9. The number of nitrogens with two attached hydrogens (primary N) is 1. The van der Waals surface area contributed by atoms with Gasteiger partial charge in [0.05, 0.1) is 6.61 Å². The molecule has 0 aliphatic heterocycles. The molecule has 0 aromatic heterocycles. The largest absolute Gasteiger partial charge is 0.380 e. The minimum Gasteiger partial charge on any atom is -0.380 e. The summed E-state index contributed by atoms with van der Waals surface area (Å²) in [6.07, 6.45) is 1.04. The predicted molar refractivity (Wildman–Crippen MR) is 56.9 cm³/mol. The van der Waals surface area contributed by atoms with Crippen molar-refractivity contribution in [2.24, 2.45) is 5.73 Å². The molecule has 3 heteroatoms. The Balaban J connectivity index is 3.50. The van der Waals surface area contributed by atoms with Crippen LogP contribution >= 0.6 is 0 Å². The minimum absolute atomic E-state index is 0.282. The third-order valence-electron chi connectivity index (χ3n) is 2.26. The van der Waals surface area contributed by atoms with Crippen LogP contribution in [-0.2, 0) is 4.74 Å². The summed E-state index contributed by atoms with van der Waals surface area (Å²) in [6, 6.07) is 0.824. The van der Waals surface area contributed by atoms with Gasteiger partial charge in [-0.25, -0.2) is 0 Å². The Morgan fingerprint density at radius 1 is 1.38 bits per heavy atom. The molecule has 0 amide bonds. The Labute approximate surface area is 82.2 Å². The second kappa shape index (κ2) is 7.30. The molecule has 0 aliphatic rings. The van der Waals surface area contributed by atoms with Crippen LogP contribution in [0.1, 0.15) is 27.2 Å². The highest BCUT2D eigenvalue weighted by molar-refractivity contribution is 4.67. The Bertz CT molecular complexity index is 117. The van der Waals surface area contributed by atoms with Crippen LogP contribution in [0.3, 0.4) is 0 Å². The van der Waals surface area contributed by atoms with Crippen molar-refractivity contribution < 1.29 is 4.74 Å². The Morgan fingerprint density at radius 3 is 2.46 bits per heavy atom. The third kappa shape index (κ3) is 6.99. The van der Waals surface area contributed by atoms with Gasteiger partial charge in [0.1, 0.15) is 0 Å². The lowest BCUT2D eigenvalue weighted by molar-refractivity contribution is 0.107. The van der Waals surface area contributed by atoms with Gasteiger partial charge in [0, 0.05) is 25.2 Å². The first-order valence-corrected chi connectivity index (χ1v) is 5.11. The van der Waals surface area contributed by atoms with Crippen molar-refractivity contribution in [2.45, 2.75) is 39.3 Å². The van der Waals surface area contributed by atoms with Gasteiger partial charge in [-0.3, -0.25) is 0 Å². The number of likely N-dealkylation sites (N-methyl/N-ethyl adjacent to an activating group) is 1. The Kier molecular flexibility index (Phi) is 7.23. The fourth-order valence-corrected chi connectivity index (χ4v) is 1.29. The summed E-state index contributed by atoms with van der Waals surface area (Å²) >= 11 is 0. The first-order chi connectivity index (χ1) is 6.07. The molecule has 0 saturated carbocycles. The molecule has 0 aromatic carbocycles. The highest BCUT2D eigenvalue weighted by Gasteiger charge is 2.10. The van der Waals surface area contributed by atoms with E-state index in [1.54, 1.807) is 0 Å². The van der Waals surface area contributed by atoms with E-state index in [0.29, 0.717) is 6.04 Å². The average Bonchev–Trinajstić information content (AvgIpc) is 2.03. The predicted octanol–water partition coefficient (Wildman–Crippen LogP) is 1.08. The molecular weight excluding hydrogens is 164 g/mol. The van der Waals surface area contributed by atoms with Crippen molar-refractivity contribution in [2.75, 3.05) is 26.8 Å². The molecule has 0 spiro atoms. The molecule has 2 atom stereocenters. The van der Waals surface area contributed by atoms with Crippen LogP contribution in [0.25, 0.3) is 0 Å². The van der Waals surface area contributed by atoms with E-state index in [1.165, 1.54) is 0 Å². The summed E-state index contributed by atoms with van der Waals surface area (Å²) in [6.45, 7) is 8.88. The molecule has 0 rings (SSSR count). The highest BCUT2D eigenvalue weighted by Crippen LogP contribution is 2.02. The van der Waals surface area contributed by atoms with E-state index in [2.05, 4.69) is 18.9 Å². The molecule has 0 aromatic rings. The lowest BCUT2D eigenvalue weighted by atomic mass is 10.1. The maximum absolute atomic E-state index is 5.73. The van der Waals surface area contributed by atoms with Gasteiger partial charge in [-0.05, 0) is 34.2 Å². The molecule has 0 heterocycles. The molecule has 0 bridgehead atoms. The zero-order valence-corrected chi connectivity index (χ0v) is 9.42. The van der Waals surface area contributed by atoms with Crippen LogP contribution < -0.4 is 5.73 Å². The highest BCUT2D eigenvalue weighted by atomic mass is 16.5. The van der Waals surface area contributed by atoms with Gasteiger partial charge in [-0.15, -0.1) is 0 Å². The van der Waals surface area contributed by atoms with Crippen LogP contribution in [0.5, 0.6) is 0 Å². The van der Waals surface area contributed by atoms with E-state index in [0.717, 1.165) is 26.2 Å². The van der Waals surface area contributed by atoms with E-state index in [9.17, 15) is 0 Å². The number of hydrogen-bond acceptors (Lipinski definition) is 3. The van der Waals surface area contributed by atoms with Gasteiger partial charge in [0.2, 0.25) is 0 Å². The molecule has 2 N–H and O–H groups in total. The summed E-state index contributed by atoms with van der Waals surface area (Å²) in [4.78, 5) is 2.29. The van der Waals surface area contributed by atoms with Crippen LogP contribution in [0.2, 0.25) is 0 Å². The number of rotatable bonds is 7. The first-order valence-electron chi connectivity index (χ1n) is 5.11. The molecule has 3 nitrogen and oxygen atoms in total. The summed E-state index contributed by atoms with van der Waals surface area (Å²) in [7, 11) is 2.12. The molecule has 13 heavy (non-hydrogen) atoms. The molecule has 80 valence electrons. The summed E-state index contributed by atoms with van der Waals surface area (Å²) in [5.74, 6) is 0. The quantitative estimate of drug-likeness (QED) is 0.608. The van der Waals surface area contributed by atoms with Crippen molar-refractivity contribution >= 4 is 0 Å². The fourth-order valence-electron chi connectivity index (χ4n) is 1.29. The van der Waals surface area contributed by atoms with Crippen molar-refractivity contribution in [1.82, 2.24) is 4.90 Å². The normalized spacial score (nSPS) is 16.2. The molecule has 0 aliphatic carbocycles. The van der Waals surface area contributed by atoms with Gasteiger partial charge < -0.3 is 15.4 Å². The van der Waals surface area contributed by atoms with E-state index >= 15 is 0 Å². The van der Waals surface area contributed by atoms with Gasteiger partial charge in [0.25, 0.3) is 0 Å². The van der Waals surface area contributed by atoms with Gasteiger partial charge in [-0.1, -0.05) is 0 Å². The van der Waals surface area contributed by atoms with Gasteiger partial charge in [-0.2, -0.15) is 0 Å². The Morgan fingerprint density at radius 2 is 2.00 bits per heavy atom. The second-order valence-corrected chi connectivity index (χ2v) is 3.74. The van der Waals surface area contributed by atoms with E-state index < -0.39 is 0 Å². The zero-order chi connectivity index (χ0) is 10.3. The zero-order valence-electron chi connectivity index (χ0n) is 9.42. The monoisotopic (exact) mass is 188 g/mol. The molecule has 0 radical (unpaired) electrons. The van der Waals surface area contributed by atoms with E-state index in [-0.39, 0.29) is 6.04 Å². The maximum Gasteiger partial charge on any atom is 0.0593 e. The van der Waals surface area contributed by atoms with Gasteiger partial charge in [0.15, 0.2) is 0 Å². The smallest absolute Gasteiger partial charge is 0.0593 e. The van der Waals surface area contributed by atoms with Crippen molar-refractivity contribution in [1.29, 1.82) is 0 Å². The number of ether oxygens (including phenoxy) is 1. The summed E-state index contributed by atoms with van der Waals surface area (Å²) in [5, 5.41) is 0. The minimum atomic E-state index is 0.282. The number of nitrogens with zero attached hydrogens (tertiary/aromatic N) is 1. The van der Waals surface area contributed by atoms with Gasteiger partial charge >= 0.3 is 0 Å². The Hall–Kier alpha value is -0.120.